The van der Waals surface area contributed by atoms with Gasteiger partial charge >= 0.3 is 0 Å². The van der Waals surface area contributed by atoms with E-state index in [0.29, 0.717) is 23.6 Å². The second-order valence-electron chi connectivity index (χ2n) is 5.02. The van der Waals surface area contributed by atoms with E-state index in [0.717, 1.165) is 0 Å². The van der Waals surface area contributed by atoms with E-state index in [-0.39, 0.29) is 11.8 Å². The molecule has 1 saturated carbocycles. The number of carbonyl (C=O) groups is 1. The first-order valence-corrected chi connectivity index (χ1v) is 6.82. The molecular weight excluding hydrogens is 282 g/mol. The van der Waals surface area contributed by atoms with Crippen molar-refractivity contribution in [3.05, 3.63) is 34.9 Å². The van der Waals surface area contributed by atoms with Crippen LogP contribution in [0.15, 0.2) is 24.3 Å². The van der Waals surface area contributed by atoms with Crippen molar-refractivity contribution in [3.63, 3.8) is 0 Å². The third kappa shape index (κ3) is 3.30. The zero-order valence-corrected chi connectivity index (χ0v) is 11.9. The number of aliphatic hydroxyl groups is 2. The molecule has 20 heavy (non-hydrogen) atoms. The molecule has 4 atom stereocenters. The SMILES string of the molecule is COCC1CC(NC(=O)c2ccc(Cl)cc2)C(O)C1O. The quantitative estimate of drug-likeness (QED) is 0.769. The zero-order chi connectivity index (χ0) is 14.7. The normalized spacial score (nSPS) is 29.4. The predicted octanol–water partition coefficient (Wildman–Crippen LogP) is 0.826. The average Bonchev–Trinajstić information content (AvgIpc) is 2.68. The first-order chi connectivity index (χ1) is 9.52. The molecule has 0 aliphatic heterocycles. The Morgan fingerprint density at radius 3 is 2.60 bits per heavy atom. The Morgan fingerprint density at radius 1 is 1.35 bits per heavy atom. The van der Waals surface area contributed by atoms with Gasteiger partial charge in [-0.15, -0.1) is 0 Å². The molecular formula is C14H18ClNO4. The molecule has 0 spiro atoms. The predicted molar refractivity (Wildman–Crippen MR) is 74.7 cm³/mol. The number of nitrogens with one attached hydrogen (secondary N) is 1. The molecule has 3 N–H and O–H groups in total. The number of benzene rings is 1. The Bertz CT molecular complexity index is 465. The summed E-state index contributed by atoms with van der Waals surface area (Å²) in [6.07, 6.45) is -1.38. The van der Waals surface area contributed by atoms with E-state index in [1.54, 1.807) is 31.4 Å². The Labute approximate surface area is 122 Å². The van der Waals surface area contributed by atoms with Crippen LogP contribution >= 0.6 is 11.6 Å². The number of ether oxygens (including phenoxy) is 1. The summed E-state index contributed by atoms with van der Waals surface area (Å²) in [7, 11) is 1.54. The zero-order valence-electron chi connectivity index (χ0n) is 11.1. The molecule has 1 aromatic rings. The van der Waals surface area contributed by atoms with Crippen LogP contribution in [0.4, 0.5) is 0 Å². The number of carbonyl (C=O) groups excluding carboxylic acids is 1. The maximum absolute atomic E-state index is 12.1. The van der Waals surface area contributed by atoms with Crippen molar-refractivity contribution < 1.29 is 19.7 Å². The molecule has 1 amide bonds. The molecule has 0 radical (unpaired) electrons. The Hall–Kier alpha value is -1.14. The largest absolute Gasteiger partial charge is 0.390 e. The van der Waals surface area contributed by atoms with E-state index < -0.39 is 18.2 Å². The van der Waals surface area contributed by atoms with Crippen LogP contribution in [0.1, 0.15) is 16.8 Å². The van der Waals surface area contributed by atoms with Crippen LogP contribution in [0.25, 0.3) is 0 Å². The minimum absolute atomic E-state index is 0.175. The average molecular weight is 300 g/mol. The lowest BCUT2D eigenvalue weighted by Crippen LogP contribution is -2.43. The third-order valence-electron chi connectivity index (χ3n) is 3.61. The van der Waals surface area contributed by atoms with Crippen molar-refractivity contribution in [1.29, 1.82) is 0 Å². The fourth-order valence-electron chi connectivity index (χ4n) is 2.50. The molecule has 0 heterocycles. The van der Waals surface area contributed by atoms with Crippen LogP contribution in [-0.2, 0) is 4.74 Å². The van der Waals surface area contributed by atoms with Crippen molar-refractivity contribution in [1.82, 2.24) is 5.32 Å². The van der Waals surface area contributed by atoms with Gasteiger partial charge in [-0.2, -0.15) is 0 Å². The Balaban J connectivity index is 1.99. The first-order valence-electron chi connectivity index (χ1n) is 6.44. The monoisotopic (exact) mass is 299 g/mol. The van der Waals surface area contributed by atoms with Crippen molar-refractivity contribution in [3.8, 4) is 0 Å². The molecule has 0 saturated heterocycles. The van der Waals surface area contributed by atoms with E-state index in [1.165, 1.54) is 0 Å². The van der Waals surface area contributed by atoms with E-state index in [1.807, 2.05) is 0 Å². The van der Waals surface area contributed by atoms with Crippen LogP contribution in [0.2, 0.25) is 5.02 Å². The minimum atomic E-state index is -0.980. The van der Waals surface area contributed by atoms with Gasteiger partial charge in [0.25, 0.3) is 5.91 Å². The van der Waals surface area contributed by atoms with E-state index in [9.17, 15) is 15.0 Å². The maximum Gasteiger partial charge on any atom is 0.251 e. The molecule has 0 bridgehead atoms. The highest BCUT2D eigenvalue weighted by molar-refractivity contribution is 6.30. The fourth-order valence-corrected chi connectivity index (χ4v) is 2.63. The van der Waals surface area contributed by atoms with Crippen LogP contribution in [0, 0.1) is 5.92 Å². The van der Waals surface area contributed by atoms with Crippen molar-refractivity contribution in [2.24, 2.45) is 5.92 Å². The number of methoxy groups -OCH3 is 1. The van der Waals surface area contributed by atoms with E-state index >= 15 is 0 Å². The minimum Gasteiger partial charge on any atom is -0.390 e. The molecule has 4 unspecified atom stereocenters. The van der Waals surface area contributed by atoms with Gasteiger partial charge in [0, 0.05) is 23.6 Å². The lowest BCUT2D eigenvalue weighted by Gasteiger charge is -2.18. The molecule has 6 heteroatoms. The molecule has 1 aliphatic carbocycles. The number of rotatable bonds is 4. The van der Waals surface area contributed by atoms with Gasteiger partial charge < -0.3 is 20.3 Å². The van der Waals surface area contributed by atoms with Crippen LogP contribution < -0.4 is 5.32 Å². The van der Waals surface area contributed by atoms with Gasteiger partial charge in [-0.3, -0.25) is 4.79 Å². The van der Waals surface area contributed by atoms with Crippen LogP contribution in [0.3, 0.4) is 0 Å². The summed E-state index contributed by atoms with van der Waals surface area (Å²) in [5, 5.41) is 23.1. The highest BCUT2D eigenvalue weighted by Crippen LogP contribution is 2.27. The number of hydrogen-bond donors (Lipinski definition) is 3. The van der Waals surface area contributed by atoms with Gasteiger partial charge in [-0.05, 0) is 30.7 Å². The lowest BCUT2D eigenvalue weighted by atomic mass is 10.1. The highest BCUT2D eigenvalue weighted by atomic mass is 35.5. The van der Waals surface area contributed by atoms with E-state index in [4.69, 9.17) is 16.3 Å². The summed E-state index contributed by atoms with van der Waals surface area (Å²) in [5.74, 6) is -0.471. The topological polar surface area (TPSA) is 78.8 Å². The highest BCUT2D eigenvalue weighted by Gasteiger charge is 2.42. The Kier molecular flexibility index (Phi) is 4.99. The third-order valence-corrected chi connectivity index (χ3v) is 3.86. The van der Waals surface area contributed by atoms with Gasteiger partial charge in [0.1, 0.15) is 6.10 Å². The smallest absolute Gasteiger partial charge is 0.251 e. The van der Waals surface area contributed by atoms with Gasteiger partial charge in [-0.25, -0.2) is 0 Å². The lowest BCUT2D eigenvalue weighted by molar-refractivity contribution is -0.00552. The summed E-state index contributed by atoms with van der Waals surface area (Å²) < 4.78 is 5.00. The molecule has 1 fully saturated rings. The summed E-state index contributed by atoms with van der Waals surface area (Å²) >= 11 is 5.76. The molecule has 110 valence electrons. The van der Waals surface area contributed by atoms with Crippen molar-refractivity contribution in [2.45, 2.75) is 24.7 Å². The number of halogens is 1. The van der Waals surface area contributed by atoms with Gasteiger partial charge in [0.15, 0.2) is 0 Å². The van der Waals surface area contributed by atoms with Crippen LogP contribution in [0.5, 0.6) is 0 Å². The van der Waals surface area contributed by atoms with Gasteiger partial charge in [-0.1, -0.05) is 11.6 Å². The summed E-state index contributed by atoms with van der Waals surface area (Å²) in [4.78, 5) is 12.1. The number of hydrogen-bond acceptors (Lipinski definition) is 4. The second kappa shape index (κ2) is 6.54. The van der Waals surface area contributed by atoms with Crippen molar-refractivity contribution >= 4 is 17.5 Å². The number of amides is 1. The molecule has 2 rings (SSSR count). The van der Waals surface area contributed by atoms with Gasteiger partial charge in [0.05, 0.1) is 18.8 Å². The first kappa shape index (κ1) is 15.3. The molecule has 1 aliphatic rings. The standard InChI is InChI=1S/C14H18ClNO4/c1-20-7-9-6-11(13(18)12(9)17)16-14(19)8-2-4-10(15)5-3-8/h2-5,9,11-13,17-18H,6-7H2,1H3,(H,16,19). The summed E-state index contributed by atoms with van der Waals surface area (Å²) in [5.41, 5.74) is 0.464. The fraction of sp³-hybridized carbons (Fsp3) is 0.500. The van der Waals surface area contributed by atoms with Crippen LogP contribution in [-0.4, -0.2) is 48.1 Å². The Morgan fingerprint density at radius 2 is 2.00 bits per heavy atom. The van der Waals surface area contributed by atoms with Crippen molar-refractivity contribution in [2.75, 3.05) is 13.7 Å². The second-order valence-corrected chi connectivity index (χ2v) is 5.46. The maximum atomic E-state index is 12.1. The summed E-state index contributed by atoms with van der Waals surface area (Å²) in [6, 6.07) is 6.01. The number of aliphatic hydroxyl groups excluding tert-OH is 2. The molecule has 0 aromatic heterocycles. The molecule has 1 aromatic carbocycles. The van der Waals surface area contributed by atoms with Gasteiger partial charge in [0.2, 0.25) is 0 Å². The summed E-state index contributed by atoms with van der Waals surface area (Å²) in [6.45, 7) is 0.353. The van der Waals surface area contributed by atoms with E-state index in [2.05, 4.69) is 5.32 Å². The molecule has 5 nitrogen and oxygen atoms in total.